The Bertz CT molecular complexity index is 1330. The maximum Gasteiger partial charge on any atom is 0.343 e. The molecule has 4 aromatic rings. The van der Waals surface area contributed by atoms with E-state index in [1.165, 1.54) is 43.7 Å². The zero-order valence-corrected chi connectivity index (χ0v) is 17.2. The summed E-state index contributed by atoms with van der Waals surface area (Å²) in [5.74, 6) is 0.184. The molecule has 0 aliphatic rings. The number of para-hydroxylation sites is 1. The van der Waals surface area contributed by atoms with Gasteiger partial charge in [-0.15, -0.1) is 0 Å². The highest BCUT2D eigenvalue weighted by molar-refractivity contribution is 6.42. The number of carbonyl (C=O) groups excluding carboxylic acids is 1. The Balaban J connectivity index is 1.68. The number of carbonyl (C=O) groups is 1. The van der Waals surface area contributed by atoms with Gasteiger partial charge in [0.1, 0.15) is 23.3 Å². The van der Waals surface area contributed by atoms with Crippen LogP contribution in [-0.2, 0) is 0 Å². The van der Waals surface area contributed by atoms with Crippen LogP contribution in [0.1, 0.15) is 10.4 Å². The van der Waals surface area contributed by atoms with Crippen molar-refractivity contribution in [2.75, 3.05) is 7.11 Å². The second-order valence-electron chi connectivity index (χ2n) is 6.36. The molecule has 150 valence electrons. The molecule has 0 saturated heterocycles. The molecule has 0 unspecified atom stereocenters. The van der Waals surface area contributed by atoms with Gasteiger partial charge in [0.2, 0.25) is 5.43 Å². The summed E-state index contributed by atoms with van der Waals surface area (Å²) in [6.07, 6.45) is 1.37. The first-order chi connectivity index (χ1) is 14.5. The standard InChI is InChI=1S/C23H14Cl2O5/c1-28-20-5-3-2-4-15(20)17-12-29-21-11-14(7-8-16(21)22(17)26)30-23(27)13-6-9-18(24)19(25)10-13/h2-12H,1H3. The summed E-state index contributed by atoms with van der Waals surface area (Å²) < 4.78 is 16.4. The summed E-state index contributed by atoms with van der Waals surface area (Å²) in [5.41, 5.74) is 1.32. The van der Waals surface area contributed by atoms with Gasteiger partial charge >= 0.3 is 5.97 Å². The normalized spacial score (nSPS) is 10.8. The lowest BCUT2D eigenvalue weighted by molar-refractivity contribution is 0.0735. The zero-order chi connectivity index (χ0) is 21.3. The van der Waals surface area contributed by atoms with Crippen molar-refractivity contribution < 1.29 is 18.7 Å². The van der Waals surface area contributed by atoms with Gasteiger partial charge in [-0.05, 0) is 36.4 Å². The van der Waals surface area contributed by atoms with Gasteiger partial charge in [-0.3, -0.25) is 4.79 Å². The van der Waals surface area contributed by atoms with Gasteiger partial charge in [-0.1, -0.05) is 41.4 Å². The van der Waals surface area contributed by atoms with E-state index in [4.69, 9.17) is 37.1 Å². The van der Waals surface area contributed by atoms with Gasteiger partial charge in [0, 0.05) is 11.6 Å². The van der Waals surface area contributed by atoms with E-state index in [0.717, 1.165) is 0 Å². The van der Waals surface area contributed by atoms with Crippen LogP contribution in [0.5, 0.6) is 11.5 Å². The van der Waals surface area contributed by atoms with Crippen molar-refractivity contribution in [1.29, 1.82) is 0 Å². The lowest BCUT2D eigenvalue weighted by Crippen LogP contribution is -2.09. The van der Waals surface area contributed by atoms with E-state index < -0.39 is 5.97 Å². The van der Waals surface area contributed by atoms with Crippen molar-refractivity contribution in [2.24, 2.45) is 0 Å². The van der Waals surface area contributed by atoms with Crippen LogP contribution in [0.3, 0.4) is 0 Å². The van der Waals surface area contributed by atoms with Gasteiger partial charge < -0.3 is 13.9 Å². The molecule has 1 aromatic heterocycles. The summed E-state index contributed by atoms with van der Waals surface area (Å²) >= 11 is 11.8. The molecule has 0 spiro atoms. The van der Waals surface area contributed by atoms with Crippen molar-refractivity contribution in [2.45, 2.75) is 0 Å². The number of methoxy groups -OCH3 is 1. The Morgan fingerprint density at radius 2 is 1.73 bits per heavy atom. The molecule has 0 atom stereocenters. The largest absolute Gasteiger partial charge is 0.496 e. The molecule has 7 heteroatoms. The van der Waals surface area contributed by atoms with Crippen LogP contribution in [-0.4, -0.2) is 13.1 Å². The highest BCUT2D eigenvalue weighted by Crippen LogP contribution is 2.30. The minimum absolute atomic E-state index is 0.219. The second-order valence-corrected chi connectivity index (χ2v) is 7.17. The third kappa shape index (κ3) is 3.77. The third-order valence-electron chi connectivity index (χ3n) is 4.51. The van der Waals surface area contributed by atoms with Crippen molar-refractivity contribution in [3.63, 3.8) is 0 Å². The summed E-state index contributed by atoms with van der Waals surface area (Å²) in [4.78, 5) is 25.3. The van der Waals surface area contributed by atoms with Crippen LogP contribution in [0.2, 0.25) is 10.0 Å². The number of esters is 1. The highest BCUT2D eigenvalue weighted by Gasteiger charge is 2.15. The first-order valence-corrected chi connectivity index (χ1v) is 9.59. The minimum atomic E-state index is -0.610. The second kappa shape index (κ2) is 8.22. The van der Waals surface area contributed by atoms with Gasteiger partial charge in [0.15, 0.2) is 0 Å². The molecule has 0 saturated carbocycles. The fourth-order valence-corrected chi connectivity index (χ4v) is 3.31. The van der Waals surface area contributed by atoms with E-state index >= 15 is 0 Å². The predicted octanol–water partition coefficient (Wildman–Crippen LogP) is 5.99. The van der Waals surface area contributed by atoms with Crippen molar-refractivity contribution in [3.8, 4) is 22.6 Å². The van der Waals surface area contributed by atoms with E-state index in [-0.39, 0.29) is 27.3 Å². The topological polar surface area (TPSA) is 65.7 Å². The molecule has 0 amide bonds. The highest BCUT2D eigenvalue weighted by atomic mass is 35.5. The Morgan fingerprint density at radius 1 is 0.933 bits per heavy atom. The predicted molar refractivity (Wildman–Crippen MR) is 116 cm³/mol. The van der Waals surface area contributed by atoms with Crippen LogP contribution >= 0.6 is 23.2 Å². The average molecular weight is 441 g/mol. The number of hydrogen-bond acceptors (Lipinski definition) is 5. The van der Waals surface area contributed by atoms with E-state index in [2.05, 4.69) is 0 Å². The van der Waals surface area contributed by atoms with Crippen LogP contribution in [0, 0.1) is 0 Å². The molecular formula is C23H14Cl2O5. The Morgan fingerprint density at radius 3 is 2.50 bits per heavy atom. The maximum atomic E-state index is 13.0. The average Bonchev–Trinajstić information content (AvgIpc) is 2.76. The smallest absolute Gasteiger partial charge is 0.343 e. The van der Waals surface area contributed by atoms with Crippen molar-refractivity contribution in [1.82, 2.24) is 0 Å². The van der Waals surface area contributed by atoms with Gasteiger partial charge in [-0.25, -0.2) is 4.79 Å². The van der Waals surface area contributed by atoms with Crippen LogP contribution < -0.4 is 14.9 Å². The molecule has 0 N–H and O–H groups in total. The maximum absolute atomic E-state index is 13.0. The molecule has 5 nitrogen and oxygen atoms in total. The number of rotatable bonds is 4. The first kappa shape index (κ1) is 20.0. The molecule has 0 fully saturated rings. The fraction of sp³-hybridized carbons (Fsp3) is 0.0435. The summed E-state index contributed by atoms with van der Waals surface area (Å²) in [7, 11) is 1.54. The van der Waals surface area contributed by atoms with E-state index in [0.29, 0.717) is 27.3 Å². The molecular weight excluding hydrogens is 427 g/mol. The number of hydrogen-bond donors (Lipinski definition) is 0. The Kier molecular flexibility index (Phi) is 5.48. The summed E-state index contributed by atoms with van der Waals surface area (Å²) in [5, 5.41) is 0.943. The monoisotopic (exact) mass is 440 g/mol. The number of benzene rings is 3. The van der Waals surface area contributed by atoms with Crippen molar-refractivity contribution in [3.05, 3.63) is 92.8 Å². The molecule has 0 aliphatic carbocycles. The molecule has 0 aliphatic heterocycles. The van der Waals surface area contributed by atoms with Crippen LogP contribution in [0.25, 0.3) is 22.1 Å². The molecule has 3 aromatic carbocycles. The van der Waals surface area contributed by atoms with Crippen LogP contribution in [0.15, 0.2) is 76.1 Å². The molecule has 0 radical (unpaired) electrons. The lowest BCUT2D eigenvalue weighted by atomic mass is 10.0. The van der Waals surface area contributed by atoms with Crippen LogP contribution in [0.4, 0.5) is 0 Å². The minimum Gasteiger partial charge on any atom is -0.496 e. The molecule has 0 bridgehead atoms. The zero-order valence-electron chi connectivity index (χ0n) is 15.6. The van der Waals surface area contributed by atoms with Crippen molar-refractivity contribution >= 4 is 40.1 Å². The quantitative estimate of drug-likeness (QED) is 0.287. The van der Waals surface area contributed by atoms with Gasteiger partial charge in [0.05, 0.1) is 33.7 Å². The van der Waals surface area contributed by atoms with Gasteiger partial charge in [-0.2, -0.15) is 0 Å². The SMILES string of the molecule is COc1ccccc1-c1coc2cc(OC(=O)c3ccc(Cl)c(Cl)c3)ccc2c1=O. The van der Waals surface area contributed by atoms with E-state index in [9.17, 15) is 9.59 Å². The lowest BCUT2D eigenvalue weighted by Gasteiger charge is -2.09. The first-order valence-electron chi connectivity index (χ1n) is 8.84. The molecule has 30 heavy (non-hydrogen) atoms. The fourth-order valence-electron chi connectivity index (χ4n) is 3.01. The van der Waals surface area contributed by atoms with E-state index in [1.54, 1.807) is 18.2 Å². The molecule has 1 heterocycles. The van der Waals surface area contributed by atoms with E-state index in [1.807, 2.05) is 12.1 Å². The summed E-state index contributed by atoms with van der Waals surface area (Å²) in [6, 6.07) is 16.2. The number of halogens is 2. The third-order valence-corrected chi connectivity index (χ3v) is 5.25. The van der Waals surface area contributed by atoms with Gasteiger partial charge in [0.25, 0.3) is 0 Å². The Hall–Kier alpha value is -3.28. The summed E-state index contributed by atoms with van der Waals surface area (Å²) in [6.45, 7) is 0. The Labute approximate surface area is 181 Å². The molecule has 4 rings (SSSR count). The number of ether oxygens (including phenoxy) is 2. The number of fused-ring (bicyclic) bond motifs is 1.